The number of Topliss-reactive ketones (excluding diaryl/α,β-unsaturated/α-hetero) is 1. The summed E-state index contributed by atoms with van der Waals surface area (Å²) in [6.45, 7) is 1.91. The van der Waals surface area contributed by atoms with Gasteiger partial charge < -0.3 is 5.32 Å². The number of piperidine rings is 1. The standard InChI is InChI=1S/C34H35F3N2O2/c35-34(36,37)26-7-4-8-27(19-26)38-32(41)18-17-31(40)33-29-20-39(21-30(29)33)28-15-13-25(14-16-28)24-11-9-23(10-12-24)22-5-2-1-3-6-22/h1-12,19,25,28-30,33H,13-18,20-21H2,(H,38,41)/t25?,28?,29-,30+,33?. The summed E-state index contributed by atoms with van der Waals surface area (Å²) < 4.78 is 38.7. The first-order valence-electron chi connectivity index (χ1n) is 14.7. The molecule has 0 aromatic heterocycles. The van der Waals surface area contributed by atoms with Crippen molar-refractivity contribution >= 4 is 17.4 Å². The summed E-state index contributed by atoms with van der Waals surface area (Å²) in [6.07, 6.45) is 0.386. The van der Waals surface area contributed by atoms with E-state index in [2.05, 4.69) is 58.7 Å². The number of hydrogen-bond acceptors (Lipinski definition) is 3. The highest BCUT2D eigenvalue weighted by Gasteiger charge is 2.59. The van der Waals surface area contributed by atoms with Crippen molar-refractivity contribution in [1.82, 2.24) is 4.90 Å². The lowest BCUT2D eigenvalue weighted by Gasteiger charge is -2.36. The number of likely N-dealkylation sites (tertiary alicyclic amines) is 1. The molecular formula is C34H35F3N2O2. The second kappa shape index (κ2) is 11.4. The van der Waals surface area contributed by atoms with Crippen LogP contribution < -0.4 is 5.32 Å². The summed E-state index contributed by atoms with van der Waals surface area (Å²) >= 11 is 0. The normalized spacial score (nSPS) is 25.9. The Hall–Kier alpha value is -3.45. The first kappa shape index (κ1) is 27.7. The number of carbonyl (C=O) groups is 2. The van der Waals surface area contributed by atoms with E-state index in [1.807, 2.05) is 6.07 Å². The van der Waals surface area contributed by atoms with Gasteiger partial charge in [-0.15, -0.1) is 0 Å². The third-order valence-corrected chi connectivity index (χ3v) is 9.37. The van der Waals surface area contributed by atoms with Crippen LogP contribution in [0.4, 0.5) is 18.9 Å². The van der Waals surface area contributed by atoms with Crippen LogP contribution in [-0.4, -0.2) is 35.7 Å². The second-order valence-corrected chi connectivity index (χ2v) is 11.9. The van der Waals surface area contributed by atoms with Crippen LogP contribution in [0.3, 0.4) is 0 Å². The highest BCUT2D eigenvalue weighted by atomic mass is 19.4. The van der Waals surface area contributed by atoms with Crippen LogP contribution in [0.25, 0.3) is 11.1 Å². The van der Waals surface area contributed by atoms with Gasteiger partial charge in [-0.3, -0.25) is 14.5 Å². The molecule has 1 amide bonds. The Balaban J connectivity index is 0.921. The van der Waals surface area contributed by atoms with Crippen LogP contribution in [0.5, 0.6) is 0 Å². The molecular weight excluding hydrogens is 525 g/mol. The molecule has 3 aromatic rings. The molecule has 1 heterocycles. The molecule has 4 nitrogen and oxygen atoms in total. The van der Waals surface area contributed by atoms with E-state index in [4.69, 9.17) is 0 Å². The van der Waals surface area contributed by atoms with Gasteiger partial charge in [-0.1, -0.05) is 60.7 Å². The Bertz CT molecular complexity index is 1370. The quantitative estimate of drug-likeness (QED) is 0.309. The molecule has 6 rings (SSSR count). The lowest BCUT2D eigenvalue weighted by Crippen LogP contribution is -2.38. The van der Waals surface area contributed by atoms with Crippen molar-refractivity contribution in [2.45, 2.75) is 56.7 Å². The molecule has 41 heavy (non-hydrogen) atoms. The zero-order chi connectivity index (χ0) is 28.6. The van der Waals surface area contributed by atoms with E-state index in [0.717, 1.165) is 25.2 Å². The largest absolute Gasteiger partial charge is 0.416 e. The number of amides is 1. The molecule has 1 unspecified atom stereocenters. The van der Waals surface area contributed by atoms with E-state index in [-0.39, 0.29) is 30.2 Å². The molecule has 3 aliphatic rings. The lowest BCUT2D eigenvalue weighted by molar-refractivity contribution is -0.137. The molecule has 1 N–H and O–H groups in total. The van der Waals surface area contributed by atoms with Crippen molar-refractivity contribution in [2.75, 3.05) is 18.4 Å². The Morgan fingerprint density at radius 2 is 1.44 bits per heavy atom. The minimum Gasteiger partial charge on any atom is -0.326 e. The molecule has 1 saturated heterocycles. The summed E-state index contributed by atoms with van der Waals surface area (Å²) in [7, 11) is 0. The van der Waals surface area contributed by atoms with Gasteiger partial charge in [0.25, 0.3) is 0 Å². The molecule has 0 radical (unpaired) electrons. The number of alkyl halides is 3. The van der Waals surface area contributed by atoms with Gasteiger partial charge in [0.2, 0.25) is 5.91 Å². The topological polar surface area (TPSA) is 49.4 Å². The average molecular weight is 561 g/mol. The number of ketones is 1. The monoisotopic (exact) mass is 560 g/mol. The highest BCUT2D eigenvalue weighted by molar-refractivity contribution is 5.94. The van der Waals surface area contributed by atoms with Crippen molar-refractivity contribution in [1.29, 1.82) is 0 Å². The maximum Gasteiger partial charge on any atom is 0.416 e. The Kier molecular flexibility index (Phi) is 7.73. The summed E-state index contributed by atoms with van der Waals surface area (Å²) in [5.41, 5.74) is 3.20. The Morgan fingerprint density at radius 1 is 0.780 bits per heavy atom. The van der Waals surface area contributed by atoms with Gasteiger partial charge in [-0.05, 0) is 78.3 Å². The zero-order valence-electron chi connectivity index (χ0n) is 22.9. The third kappa shape index (κ3) is 6.25. The molecule has 7 heteroatoms. The summed E-state index contributed by atoms with van der Waals surface area (Å²) in [5, 5.41) is 2.50. The fraction of sp³-hybridized carbons (Fsp3) is 0.412. The number of benzene rings is 3. The average Bonchev–Trinajstić information content (AvgIpc) is 3.49. The van der Waals surface area contributed by atoms with Crippen LogP contribution >= 0.6 is 0 Å². The van der Waals surface area contributed by atoms with Crippen LogP contribution in [0.2, 0.25) is 0 Å². The van der Waals surface area contributed by atoms with E-state index in [0.29, 0.717) is 23.8 Å². The molecule has 1 aliphatic heterocycles. The summed E-state index contributed by atoms with van der Waals surface area (Å²) in [4.78, 5) is 27.7. The number of rotatable bonds is 8. The summed E-state index contributed by atoms with van der Waals surface area (Å²) in [6, 6.07) is 24.6. The number of halogens is 3. The number of hydrogen-bond donors (Lipinski definition) is 1. The number of anilines is 1. The molecule has 0 spiro atoms. The molecule has 2 saturated carbocycles. The van der Waals surface area contributed by atoms with E-state index in [1.54, 1.807) is 0 Å². The Labute approximate surface area is 238 Å². The fourth-order valence-electron chi connectivity index (χ4n) is 7.09. The van der Waals surface area contributed by atoms with Crippen LogP contribution in [0, 0.1) is 17.8 Å². The predicted octanol–water partition coefficient (Wildman–Crippen LogP) is 7.56. The molecule has 3 atom stereocenters. The maximum absolute atomic E-state index is 12.9. The Morgan fingerprint density at radius 3 is 2.10 bits per heavy atom. The van der Waals surface area contributed by atoms with Gasteiger partial charge in [0.1, 0.15) is 5.78 Å². The highest BCUT2D eigenvalue weighted by Crippen LogP contribution is 2.54. The number of nitrogens with one attached hydrogen (secondary N) is 1. The van der Waals surface area contributed by atoms with Gasteiger partial charge in [0.05, 0.1) is 5.56 Å². The van der Waals surface area contributed by atoms with Crippen LogP contribution in [-0.2, 0) is 15.8 Å². The van der Waals surface area contributed by atoms with Gasteiger partial charge in [-0.25, -0.2) is 0 Å². The SMILES string of the molecule is O=C(CCC(=O)C1[C@H]2CN(C3CCC(c4ccc(-c5ccccc5)cc4)CC3)C[C@@H]12)Nc1cccc(C(F)(F)F)c1. The molecule has 2 aliphatic carbocycles. The number of carbonyl (C=O) groups excluding carboxylic acids is 2. The smallest absolute Gasteiger partial charge is 0.326 e. The third-order valence-electron chi connectivity index (χ3n) is 9.37. The number of nitrogens with zero attached hydrogens (tertiary/aromatic N) is 1. The van der Waals surface area contributed by atoms with Crippen molar-refractivity contribution < 1.29 is 22.8 Å². The predicted molar refractivity (Wildman–Crippen MR) is 153 cm³/mol. The van der Waals surface area contributed by atoms with Crippen molar-refractivity contribution in [3.8, 4) is 11.1 Å². The zero-order valence-corrected chi connectivity index (χ0v) is 22.9. The first-order chi connectivity index (χ1) is 19.8. The van der Waals surface area contributed by atoms with Crippen molar-refractivity contribution in [2.24, 2.45) is 17.8 Å². The van der Waals surface area contributed by atoms with Gasteiger partial charge >= 0.3 is 6.18 Å². The lowest BCUT2D eigenvalue weighted by atomic mass is 9.81. The fourth-order valence-corrected chi connectivity index (χ4v) is 7.09. The van der Waals surface area contributed by atoms with Crippen molar-refractivity contribution in [3.63, 3.8) is 0 Å². The molecule has 214 valence electrons. The number of fused-ring (bicyclic) bond motifs is 1. The van der Waals surface area contributed by atoms with Crippen LogP contribution in [0.1, 0.15) is 55.6 Å². The minimum atomic E-state index is -4.47. The molecule has 0 bridgehead atoms. The van der Waals surface area contributed by atoms with Crippen molar-refractivity contribution in [3.05, 3.63) is 90.0 Å². The molecule has 3 aromatic carbocycles. The van der Waals surface area contributed by atoms with E-state index < -0.39 is 17.6 Å². The molecule has 3 fully saturated rings. The van der Waals surface area contributed by atoms with Crippen LogP contribution in [0.15, 0.2) is 78.9 Å². The second-order valence-electron chi connectivity index (χ2n) is 11.9. The van der Waals surface area contributed by atoms with Gasteiger partial charge in [-0.2, -0.15) is 13.2 Å². The van der Waals surface area contributed by atoms with Gasteiger partial charge in [0, 0.05) is 43.6 Å². The summed E-state index contributed by atoms with van der Waals surface area (Å²) in [5.74, 6) is 1.09. The first-order valence-corrected chi connectivity index (χ1v) is 14.7. The van der Waals surface area contributed by atoms with E-state index in [9.17, 15) is 22.8 Å². The minimum absolute atomic E-state index is 0.00885. The van der Waals surface area contributed by atoms with E-state index in [1.165, 1.54) is 54.5 Å². The van der Waals surface area contributed by atoms with Gasteiger partial charge in [0.15, 0.2) is 0 Å². The maximum atomic E-state index is 12.9. The van der Waals surface area contributed by atoms with E-state index >= 15 is 0 Å².